The molecule has 0 heterocycles. The van der Waals surface area contributed by atoms with Gasteiger partial charge in [-0.3, -0.25) is 0 Å². The summed E-state index contributed by atoms with van der Waals surface area (Å²) in [5.74, 6) is 0. The van der Waals surface area contributed by atoms with E-state index >= 15 is 0 Å². The molecule has 0 spiro atoms. The standard InChI is InChI=1S/C12H22O/c1-2-3-4-5-6-7-8-9-10-11-12-13/h8-11,13H,2-7,12H2,1H3/b9-8+,11-10?. The highest BCUT2D eigenvalue weighted by Crippen LogP contribution is 2.05. The summed E-state index contributed by atoms with van der Waals surface area (Å²) < 4.78 is 0. The summed E-state index contributed by atoms with van der Waals surface area (Å²) in [5.41, 5.74) is 0. The lowest BCUT2D eigenvalue weighted by molar-refractivity contribution is 0.343. The van der Waals surface area contributed by atoms with Gasteiger partial charge in [0.05, 0.1) is 6.61 Å². The highest BCUT2D eigenvalue weighted by molar-refractivity contribution is 5.02. The average Bonchev–Trinajstić information content (AvgIpc) is 2.16. The van der Waals surface area contributed by atoms with Gasteiger partial charge >= 0.3 is 0 Å². The minimum atomic E-state index is 0.140. The summed E-state index contributed by atoms with van der Waals surface area (Å²) in [6, 6.07) is 0. The Kier molecular flexibility index (Phi) is 10.9. The minimum absolute atomic E-state index is 0.140. The SMILES string of the molecule is CCCCCCC/C=C/C=CCO. The molecule has 0 radical (unpaired) electrons. The van der Waals surface area contributed by atoms with Crippen molar-refractivity contribution in [3.8, 4) is 0 Å². The van der Waals surface area contributed by atoms with Crippen molar-refractivity contribution in [2.75, 3.05) is 6.61 Å². The Morgan fingerprint density at radius 2 is 1.62 bits per heavy atom. The van der Waals surface area contributed by atoms with Gasteiger partial charge in [-0.05, 0) is 12.8 Å². The first kappa shape index (κ1) is 12.4. The molecule has 0 saturated carbocycles. The molecule has 76 valence electrons. The zero-order valence-electron chi connectivity index (χ0n) is 8.71. The van der Waals surface area contributed by atoms with Crippen LogP contribution in [0.5, 0.6) is 0 Å². The van der Waals surface area contributed by atoms with E-state index in [1.165, 1.54) is 38.5 Å². The van der Waals surface area contributed by atoms with E-state index in [0.29, 0.717) is 0 Å². The lowest BCUT2D eigenvalue weighted by atomic mass is 10.1. The van der Waals surface area contributed by atoms with Gasteiger partial charge in [-0.15, -0.1) is 0 Å². The maximum atomic E-state index is 8.45. The summed E-state index contributed by atoms with van der Waals surface area (Å²) in [7, 11) is 0. The molecule has 0 aliphatic rings. The Morgan fingerprint density at radius 3 is 2.31 bits per heavy atom. The van der Waals surface area contributed by atoms with Crippen LogP contribution in [0.15, 0.2) is 24.3 Å². The Labute approximate surface area is 82.2 Å². The van der Waals surface area contributed by atoms with Gasteiger partial charge in [0.15, 0.2) is 0 Å². The van der Waals surface area contributed by atoms with E-state index in [1.54, 1.807) is 6.08 Å². The van der Waals surface area contributed by atoms with Gasteiger partial charge in [0.1, 0.15) is 0 Å². The molecule has 1 nitrogen and oxygen atoms in total. The van der Waals surface area contributed by atoms with E-state index in [2.05, 4.69) is 13.0 Å². The average molecular weight is 182 g/mol. The second-order valence-electron chi connectivity index (χ2n) is 3.24. The van der Waals surface area contributed by atoms with Crippen LogP contribution in [0.3, 0.4) is 0 Å². The van der Waals surface area contributed by atoms with Crippen molar-refractivity contribution >= 4 is 0 Å². The maximum Gasteiger partial charge on any atom is 0.0615 e. The number of hydrogen-bond donors (Lipinski definition) is 1. The van der Waals surface area contributed by atoms with E-state index in [0.717, 1.165) is 0 Å². The van der Waals surface area contributed by atoms with Crippen LogP contribution in [0.25, 0.3) is 0 Å². The van der Waals surface area contributed by atoms with Gasteiger partial charge in [-0.2, -0.15) is 0 Å². The normalized spacial score (nSPS) is 11.8. The third-order valence-electron chi connectivity index (χ3n) is 1.96. The van der Waals surface area contributed by atoms with Crippen LogP contribution in [-0.4, -0.2) is 11.7 Å². The second kappa shape index (κ2) is 11.4. The molecule has 0 unspecified atom stereocenters. The molecule has 1 N–H and O–H groups in total. The molecular weight excluding hydrogens is 160 g/mol. The van der Waals surface area contributed by atoms with Gasteiger partial charge in [0.2, 0.25) is 0 Å². The van der Waals surface area contributed by atoms with Crippen LogP contribution >= 0.6 is 0 Å². The summed E-state index contributed by atoms with van der Waals surface area (Å²) in [5, 5.41) is 8.45. The van der Waals surface area contributed by atoms with Crippen molar-refractivity contribution in [2.45, 2.75) is 45.4 Å². The molecule has 0 aliphatic heterocycles. The van der Waals surface area contributed by atoms with Crippen molar-refractivity contribution in [1.82, 2.24) is 0 Å². The van der Waals surface area contributed by atoms with Gasteiger partial charge in [-0.1, -0.05) is 56.9 Å². The molecule has 0 atom stereocenters. The minimum Gasteiger partial charge on any atom is -0.392 e. The molecule has 0 aromatic carbocycles. The largest absolute Gasteiger partial charge is 0.392 e. The topological polar surface area (TPSA) is 20.2 Å². The van der Waals surface area contributed by atoms with Crippen LogP contribution in [0.2, 0.25) is 0 Å². The molecule has 0 bridgehead atoms. The Morgan fingerprint density at radius 1 is 0.923 bits per heavy atom. The van der Waals surface area contributed by atoms with Gasteiger partial charge in [-0.25, -0.2) is 0 Å². The first-order valence-corrected chi connectivity index (χ1v) is 5.34. The van der Waals surface area contributed by atoms with Crippen molar-refractivity contribution in [3.63, 3.8) is 0 Å². The number of unbranched alkanes of at least 4 members (excludes halogenated alkanes) is 5. The quantitative estimate of drug-likeness (QED) is 0.450. The van der Waals surface area contributed by atoms with E-state index < -0.39 is 0 Å². The maximum absolute atomic E-state index is 8.45. The molecule has 0 fully saturated rings. The van der Waals surface area contributed by atoms with Crippen molar-refractivity contribution in [1.29, 1.82) is 0 Å². The monoisotopic (exact) mass is 182 g/mol. The van der Waals surface area contributed by atoms with Gasteiger partial charge in [0, 0.05) is 0 Å². The van der Waals surface area contributed by atoms with E-state index in [-0.39, 0.29) is 6.61 Å². The van der Waals surface area contributed by atoms with Crippen molar-refractivity contribution in [3.05, 3.63) is 24.3 Å². The summed E-state index contributed by atoms with van der Waals surface area (Å²) in [6.07, 6.45) is 15.7. The first-order valence-electron chi connectivity index (χ1n) is 5.34. The summed E-state index contributed by atoms with van der Waals surface area (Å²) >= 11 is 0. The highest BCUT2D eigenvalue weighted by atomic mass is 16.2. The van der Waals surface area contributed by atoms with Crippen LogP contribution in [-0.2, 0) is 0 Å². The zero-order valence-corrected chi connectivity index (χ0v) is 8.71. The number of hydrogen-bond acceptors (Lipinski definition) is 1. The number of allylic oxidation sites excluding steroid dienone is 3. The molecule has 0 aromatic rings. The highest BCUT2D eigenvalue weighted by Gasteiger charge is 1.85. The predicted octanol–water partition coefficient (Wildman–Crippen LogP) is 3.45. The molecule has 0 rings (SSSR count). The summed E-state index contributed by atoms with van der Waals surface area (Å²) in [4.78, 5) is 0. The van der Waals surface area contributed by atoms with Crippen LogP contribution in [0, 0.1) is 0 Å². The second-order valence-corrected chi connectivity index (χ2v) is 3.24. The first-order chi connectivity index (χ1) is 6.41. The summed E-state index contributed by atoms with van der Waals surface area (Å²) in [6.45, 7) is 2.38. The van der Waals surface area contributed by atoms with Gasteiger partial charge in [0.25, 0.3) is 0 Å². The number of aliphatic hydroxyl groups is 1. The third kappa shape index (κ3) is 11.4. The van der Waals surface area contributed by atoms with E-state index in [1.807, 2.05) is 12.2 Å². The van der Waals surface area contributed by atoms with Gasteiger partial charge < -0.3 is 5.11 Å². The predicted molar refractivity (Wildman–Crippen MR) is 58.7 cm³/mol. The van der Waals surface area contributed by atoms with Crippen molar-refractivity contribution < 1.29 is 5.11 Å². The molecule has 0 aliphatic carbocycles. The molecular formula is C12H22O. The fourth-order valence-corrected chi connectivity index (χ4v) is 1.18. The Bertz CT molecular complexity index is 136. The molecule has 1 heteroatoms. The lowest BCUT2D eigenvalue weighted by Crippen LogP contribution is -1.75. The van der Waals surface area contributed by atoms with Crippen LogP contribution in [0.4, 0.5) is 0 Å². The van der Waals surface area contributed by atoms with Crippen LogP contribution in [0.1, 0.15) is 45.4 Å². The Balaban J connectivity index is 3.06. The van der Waals surface area contributed by atoms with Crippen molar-refractivity contribution in [2.24, 2.45) is 0 Å². The fourth-order valence-electron chi connectivity index (χ4n) is 1.18. The van der Waals surface area contributed by atoms with E-state index in [9.17, 15) is 0 Å². The molecule has 0 amide bonds. The molecule has 0 saturated heterocycles. The molecule has 0 aromatic heterocycles. The van der Waals surface area contributed by atoms with E-state index in [4.69, 9.17) is 5.11 Å². The molecule has 13 heavy (non-hydrogen) atoms. The Hall–Kier alpha value is -0.560. The number of rotatable bonds is 8. The lowest BCUT2D eigenvalue weighted by Gasteiger charge is -1.95. The zero-order chi connectivity index (χ0) is 9.78. The third-order valence-corrected chi connectivity index (χ3v) is 1.96. The smallest absolute Gasteiger partial charge is 0.0615 e. The van der Waals surface area contributed by atoms with Crippen LogP contribution < -0.4 is 0 Å². The fraction of sp³-hybridized carbons (Fsp3) is 0.667. The number of aliphatic hydroxyl groups excluding tert-OH is 1.